The molecule has 0 spiro atoms. The standard InChI is InChI=1S/C16H18ClN3O2.C12H8ClNO2.C7H5FO.C5H4ClNO.C4H10N2O/c1-16(2,15(18)21)20-9-11-3-6-13(7-4-11)22-14-8-5-12(17)10-19-14;13-10-3-6-12(14-7-10)16-11-4-1-9(8-15)2-5-11;8-7-3-1-6(5-9)2-4-7;6-4-1-2-5(8)7-3-4;1-4(2,6)3(5)7/h3-8,10,20H,9H2,1-2H3,(H2,18,21);1-8H;1-5H;1-3H,(H,7,8);6H2,1-2H3,(H2,5,7). The summed E-state index contributed by atoms with van der Waals surface area (Å²) in [6.07, 6.45) is 5.95. The highest BCUT2D eigenvalue weighted by Crippen LogP contribution is 2.22. The first-order valence-electron chi connectivity index (χ1n) is 18.1. The van der Waals surface area contributed by atoms with Crippen molar-refractivity contribution in [1.29, 1.82) is 0 Å². The van der Waals surface area contributed by atoms with Crippen LogP contribution in [0.3, 0.4) is 0 Å². The second kappa shape index (κ2) is 26.0. The number of nitrogens with one attached hydrogen (secondary N) is 2. The van der Waals surface area contributed by atoms with Gasteiger partial charge in [0.1, 0.15) is 29.9 Å². The maximum atomic E-state index is 12.1. The number of aromatic nitrogens is 3. The summed E-state index contributed by atoms with van der Waals surface area (Å²) in [5.41, 5.74) is 15.7. The average Bonchev–Trinajstić information content (AvgIpc) is 3.24. The van der Waals surface area contributed by atoms with Crippen LogP contribution in [0.1, 0.15) is 54.0 Å². The van der Waals surface area contributed by atoms with Gasteiger partial charge in [-0.25, -0.2) is 14.4 Å². The van der Waals surface area contributed by atoms with Crippen LogP contribution < -0.4 is 37.6 Å². The largest absolute Gasteiger partial charge is 0.439 e. The molecule has 14 nitrogen and oxygen atoms in total. The number of amides is 2. The van der Waals surface area contributed by atoms with Crippen LogP contribution >= 0.6 is 34.8 Å². The van der Waals surface area contributed by atoms with E-state index in [-0.39, 0.29) is 17.3 Å². The third-order valence-corrected chi connectivity index (χ3v) is 8.20. The molecule has 62 heavy (non-hydrogen) atoms. The van der Waals surface area contributed by atoms with E-state index < -0.39 is 17.0 Å². The summed E-state index contributed by atoms with van der Waals surface area (Å²) in [6.45, 7) is 7.16. The molecule has 0 saturated heterocycles. The van der Waals surface area contributed by atoms with E-state index >= 15 is 0 Å². The summed E-state index contributed by atoms with van der Waals surface area (Å²) in [7, 11) is 0. The smallest absolute Gasteiger partial charge is 0.247 e. The van der Waals surface area contributed by atoms with Gasteiger partial charge in [0.05, 0.1) is 26.1 Å². The van der Waals surface area contributed by atoms with Crippen molar-refractivity contribution < 1.29 is 33.0 Å². The molecule has 0 aliphatic heterocycles. The quantitative estimate of drug-likeness (QED) is 0.0779. The van der Waals surface area contributed by atoms with Gasteiger partial charge in [-0.05, 0) is 112 Å². The first-order chi connectivity index (χ1) is 29.2. The number of ether oxygens (including phenoxy) is 2. The Balaban J connectivity index is 0.000000288. The average molecular weight is 909 g/mol. The Kier molecular flexibility index (Phi) is 21.6. The number of H-pyrrole nitrogens is 1. The van der Waals surface area contributed by atoms with Crippen molar-refractivity contribution in [1.82, 2.24) is 20.3 Å². The lowest BCUT2D eigenvalue weighted by atomic mass is 10.0. The molecule has 0 saturated carbocycles. The number of aromatic amines is 1. The molecule has 18 heteroatoms. The monoisotopic (exact) mass is 907 g/mol. The number of rotatable bonds is 11. The van der Waals surface area contributed by atoms with Crippen LogP contribution in [0.5, 0.6) is 23.3 Å². The highest BCUT2D eigenvalue weighted by molar-refractivity contribution is 6.31. The molecule has 0 radical (unpaired) electrons. The Labute approximate surface area is 372 Å². The molecule has 8 N–H and O–H groups in total. The minimum Gasteiger partial charge on any atom is -0.439 e. The molecule has 0 fully saturated rings. The Morgan fingerprint density at radius 1 is 0.677 bits per heavy atom. The van der Waals surface area contributed by atoms with Gasteiger partial charge < -0.3 is 31.7 Å². The van der Waals surface area contributed by atoms with Gasteiger partial charge in [0, 0.05) is 54.5 Å². The lowest BCUT2D eigenvalue weighted by Crippen LogP contribution is -2.50. The van der Waals surface area contributed by atoms with Crippen molar-refractivity contribution in [2.45, 2.75) is 45.3 Å². The molecule has 326 valence electrons. The number of hydrogen-bond donors (Lipinski definition) is 5. The van der Waals surface area contributed by atoms with Gasteiger partial charge in [0.25, 0.3) is 0 Å². The summed E-state index contributed by atoms with van der Waals surface area (Å²) < 4.78 is 23.2. The van der Waals surface area contributed by atoms with E-state index in [2.05, 4.69) is 20.3 Å². The molecular formula is C44H45Cl3FN7O7. The van der Waals surface area contributed by atoms with Gasteiger partial charge in [-0.2, -0.15) is 0 Å². The van der Waals surface area contributed by atoms with Gasteiger partial charge in [-0.1, -0.05) is 46.9 Å². The summed E-state index contributed by atoms with van der Waals surface area (Å²) in [5, 5.41) is 4.77. The number of hydrogen-bond acceptors (Lipinski definition) is 11. The van der Waals surface area contributed by atoms with Gasteiger partial charge in [0.2, 0.25) is 29.1 Å². The predicted molar refractivity (Wildman–Crippen MR) is 238 cm³/mol. The lowest BCUT2D eigenvalue weighted by Gasteiger charge is -2.22. The second-order valence-corrected chi connectivity index (χ2v) is 14.9. The molecule has 0 aliphatic rings. The molecule has 0 atom stereocenters. The molecule has 3 heterocycles. The first kappa shape index (κ1) is 51.7. The number of halogens is 4. The predicted octanol–water partition coefficient (Wildman–Crippen LogP) is 8.10. The highest BCUT2D eigenvalue weighted by Gasteiger charge is 2.23. The zero-order valence-electron chi connectivity index (χ0n) is 34.0. The molecule has 3 aromatic carbocycles. The van der Waals surface area contributed by atoms with E-state index in [9.17, 15) is 28.4 Å². The number of carbonyl (C=O) groups is 4. The minimum absolute atomic E-state index is 0.130. The minimum atomic E-state index is -0.861. The Morgan fingerprint density at radius 2 is 1.10 bits per heavy atom. The van der Waals surface area contributed by atoms with E-state index in [1.807, 2.05) is 24.3 Å². The van der Waals surface area contributed by atoms with Crippen LogP contribution in [-0.2, 0) is 16.1 Å². The van der Waals surface area contributed by atoms with Crippen molar-refractivity contribution in [2.24, 2.45) is 17.2 Å². The molecule has 2 amide bonds. The number of pyridine rings is 3. The van der Waals surface area contributed by atoms with Crippen molar-refractivity contribution in [2.75, 3.05) is 0 Å². The first-order valence-corrected chi connectivity index (χ1v) is 19.3. The van der Waals surface area contributed by atoms with Crippen LogP contribution in [0.15, 0.2) is 133 Å². The molecular weight excluding hydrogens is 864 g/mol. The van der Waals surface area contributed by atoms with Gasteiger partial charge in [-0.15, -0.1) is 0 Å². The Hall–Kier alpha value is -6.49. The van der Waals surface area contributed by atoms with E-state index in [0.29, 0.717) is 62.3 Å². The van der Waals surface area contributed by atoms with Gasteiger partial charge in [-0.3, -0.25) is 29.3 Å². The van der Waals surface area contributed by atoms with Gasteiger partial charge >= 0.3 is 0 Å². The van der Waals surface area contributed by atoms with Crippen LogP contribution in [0, 0.1) is 5.82 Å². The third-order valence-electron chi connectivity index (χ3n) is 7.52. The van der Waals surface area contributed by atoms with Crippen molar-refractivity contribution in [3.05, 3.63) is 176 Å². The zero-order valence-corrected chi connectivity index (χ0v) is 36.3. The van der Waals surface area contributed by atoms with Crippen molar-refractivity contribution in [3.8, 4) is 23.3 Å². The van der Waals surface area contributed by atoms with Crippen molar-refractivity contribution >= 4 is 59.2 Å². The number of primary amides is 2. The molecule has 6 aromatic rings. The number of benzene rings is 3. The second-order valence-electron chi connectivity index (χ2n) is 13.6. The van der Waals surface area contributed by atoms with E-state index in [1.165, 1.54) is 48.9 Å². The lowest BCUT2D eigenvalue weighted by molar-refractivity contribution is -0.123. The number of carbonyl (C=O) groups excluding carboxylic acids is 4. The van der Waals surface area contributed by atoms with Crippen LogP contribution in [0.4, 0.5) is 4.39 Å². The van der Waals surface area contributed by atoms with Crippen LogP contribution in [0.25, 0.3) is 0 Å². The van der Waals surface area contributed by atoms with Crippen LogP contribution in [0.2, 0.25) is 15.1 Å². The molecule has 3 aromatic heterocycles. The number of aldehydes is 2. The maximum Gasteiger partial charge on any atom is 0.247 e. The molecule has 0 aliphatic carbocycles. The topological polar surface area (TPSA) is 235 Å². The normalized spacial score (nSPS) is 10.3. The molecule has 0 unspecified atom stereocenters. The Morgan fingerprint density at radius 3 is 1.44 bits per heavy atom. The summed E-state index contributed by atoms with van der Waals surface area (Å²) in [5.74, 6) is 1.05. The van der Waals surface area contributed by atoms with E-state index in [0.717, 1.165) is 11.8 Å². The summed E-state index contributed by atoms with van der Waals surface area (Å²) in [4.78, 5) is 62.6. The summed E-state index contributed by atoms with van der Waals surface area (Å²) in [6, 6.07) is 29.4. The zero-order chi connectivity index (χ0) is 46.3. The third kappa shape index (κ3) is 21.2. The van der Waals surface area contributed by atoms with E-state index in [4.69, 9.17) is 61.5 Å². The van der Waals surface area contributed by atoms with Gasteiger partial charge in [0.15, 0.2) is 0 Å². The van der Waals surface area contributed by atoms with Crippen LogP contribution in [-0.4, -0.2) is 50.4 Å². The van der Waals surface area contributed by atoms with Crippen molar-refractivity contribution in [3.63, 3.8) is 0 Å². The highest BCUT2D eigenvalue weighted by atomic mass is 35.5. The number of nitrogens with two attached hydrogens (primary N) is 3. The summed E-state index contributed by atoms with van der Waals surface area (Å²) >= 11 is 16.9. The fourth-order valence-corrected chi connectivity index (χ4v) is 4.06. The SMILES string of the molecule is CC(C)(N)C(N)=O.CC(C)(NCc1ccc(Oc2ccc(Cl)cn2)cc1)C(N)=O.O=Cc1ccc(F)cc1.O=Cc1ccc(Oc2ccc(Cl)cn2)cc1.O=c1ccc(Cl)c[nH]1. The number of nitrogens with zero attached hydrogens (tertiary/aromatic N) is 2. The Bertz CT molecular complexity index is 2340. The maximum absolute atomic E-state index is 12.1. The fourth-order valence-electron chi connectivity index (χ4n) is 3.72. The molecule has 6 rings (SSSR count). The van der Waals surface area contributed by atoms with E-state index in [1.54, 1.807) is 82.3 Å². The molecule has 0 bridgehead atoms. The fraction of sp³-hybridized carbons (Fsp3) is 0.159.